The average Bonchev–Trinajstić information content (AvgIpc) is 2.39. The lowest BCUT2D eigenvalue weighted by Crippen LogP contribution is -2.33. The number of rotatable bonds is 5. The number of nitrogens with one attached hydrogen (secondary N) is 1. The van der Waals surface area contributed by atoms with Crippen molar-refractivity contribution < 1.29 is 14.0 Å². The van der Waals surface area contributed by atoms with Crippen LogP contribution in [0.5, 0.6) is 0 Å². The minimum absolute atomic E-state index is 0.0707. The number of hydrogen-bond donors (Lipinski definition) is 4. The lowest BCUT2D eigenvalue weighted by atomic mass is 10.1. The molecule has 0 aliphatic rings. The van der Waals surface area contributed by atoms with Gasteiger partial charge in [0.2, 0.25) is 5.96 Å². The second-order valence-corrected chi connectivity index (χ2v) is 5.72. The number of guanidine groups is 2. The van der Waals surface area contributed by atoms with Crippen molar-refractivity contribution in [3.63, 3.8) is 0 Å². The van der Waals surface area contributed by atoms with E-state index in [0.717, 1.165) is 17.3 Å². The van der Waals surface area contributed by atoms with Gasteiger partial charge in [0.05, 0.1) is 0 Å². The first-order chi connectivity index (χ1) is 9.36. The standard InChI is InChI=1S/C11H18N5O3P/c1-19-20(17,18)16(11(14)15-10(12)13)8-7-9-5-3-2-4-6-9/h2-6H,7-8H2,1H3,(H,17,18)(H5,12,13,14,15). The summed E-state index contributed by atoms with van der Waals surface area (Å²) in [6.07, 6.45) is 0.442. The first-order valence-electron chi connectivity index (χ1n) is 5.75. The van der Waals surface area contributed by atoms with Crippen molar-refractivity contribution in [2.75, 3.05) is 13.7 Å². The molecule has 0 aliphatic heterocycles. The summed E-state index contributed by atoms with van der Waals surface area (Å²) in [7, 11) is -3.06. The molecule has 0 aliphatic carbocycles. The van der Waals surface area contributed by atoms with Crippen LogP contribution in [-0.4, -0.2) is 35.1 Å². The molecule has 0 heterocycles. The lowest BCUT2D eigenvalue weighted by Gasteiger charge is -2.25. The number of nitrogens with two attached hydrogens (primary N) is 2. The highest BCUT2D eigenvalue weighted by atomic mass is 31.2. The van der Waals surface area contributed by atoms with E-state index in [0.29, 0.717) is 6.42 Å². The van der Waals surface area contributed by atoms with Crippen LogP contribution in [0.1, 0.15) is 5.56 Å². The molecule has 9 heteroatoms. The first kappa shape index (κ1) is 16.2. The van der Waals surface area contributed by atoms with E-state index in [1.165, 1.54) is 0 Å². The SMILES string of the molecule is COP(=O)(O)N(CCc1ccccc1)C(=N)N=C(N)N. The predicted molar refractivity (Wildman–Crippen MR) is 77.2 cm³/mol. The van der Waals surface area contributed by atoms with Crippen LogP contribution in [0, 0.1) is 5.41 Å². The fourth-order valence-corrected chi connectivity index (χ4v) is 2.34. The molecule has 1 aromatic rings. The Hall–Kier alpha value is -1.89. The summed E-state index contributed by atoms with van der Waals surface area (Å²) in [4.78, 5) is 13.2. The van der Waals surface area contributed by atoms with Crippen molar-refractivity contribution in [2.45, 2.75) is 6.42 Å². The summed E-state index contributed by atoms with van der Waals surface area (Å²) in [5.74, 6) is -0.885. The molecule has 0 spiro atoms. The molecular formula is C11H18N5O3P. The Morgan fingerprint density at radius 3 is 2.55 bits per heavy atom. The van der Waals surface area contributed by atoms with E-state index < -0.39 is 13.7 Å². The molecule has 0 radical (unpaired) electrons. The van der Waals surface area contributed by atoms with Crippen LogP contribution in [0.2, 0.25) is 0 Å². The van der Waals surface area contributed by atoms with Gasteiger partial charge in [-0.2, -0.15) is 4.99 Å². The van der Waals surface area contributed by atoms with Crippen LogP contribution >= 0.6 is 7.75 Å². The number of nitrogens with zero attached hydrogens (tertiary/aromatic N) is 2. The summed E-state index contributed by atoms with van der Waals surface area (Å²) in [5, 5.41) is 7.67. The summed E-state index contributed by atoms with van der Waals surface area (Å²) >= 11 is 0. The monoisotopic (exact) mass is 299 g/mol. The van der Waals surface area contributed by atoms with Gasteiger partial charge in [-0.05, 0) is 12.0 Å². The molecule has 0 bridgehead atoms. The van der Waals surface area contributed by atoms with Gasteiger partial charge in [0.1, 0.15) is 0 Å². The molecular weight excluding hydrogens is 281 g/mol. The average molecular weight is 299 g/mol. The quantitative estimate of drug-likeness (QED) is 0.354. The van der Waals surface area contributed by atoms with Gasteiger partial charge < -0.3 is 16.4 Å². The third kappa shape index (κ3) is 4.65. The highest BCUT2D eigenvalue weighted by molar-refractivity contribution is 7.51. The summed E-state index contributed by atoms with van der Waals surface area (Å²) in [6.45, 7) is 0.0707. The van der Waals surface area contributed by atoms with E-state index in [9.17, 15) is 9.46 Å². The number of benzene rings is 1. The molecule has 1 rings (SSSR count). The van der Waals surface area contributed by atoms with Crippen LogP contribution < -0.4 is 11.5 Å². The highest BCUT2D eigenvalue weighted by Crippen LogP contribution is 2.45. The van der Waals surface area contributed by atoms with Crippen molar-refractivity contribution in [3.8, 4) is 0 Å². The highest BCUT2D eigenvalue weighted by Gasteiger charge is 2.30. The molecule has 0 saturated carbocycles. The number of aliphatic imine (C=N–C) groups is 1. The third-order valence-electron chi connectivity index (χ3n) is 2.48. The minimum atomic E-state index is -4.14. The predicted octanol–water partition coefficient (Wildman–Crippen LogP) is 0.486. The fourth-order valence-electron chi connectivity index (χ4n) is 1.51. The molecule has 8 nitrogen and oxygen atoms in total. The molecule has 1 atom stereocenters. The van der Waals surface area contributed by atoms with Gasteiger partial charge in [-0.1, -0.05) is 30.3 Å². The van der Waals surface area contributed by atoms with E-state index in [1.54, 1.807) is 0 Å². The smallest absolute Gasteiger partial charge is 0.370 e. The third-order valence-corrected chi connectivity index (χ3v) is 3.95. The van der Waals surface area contributed by atoms with Gasteiger partial charge in [0.15, 0.2) is 5.96 Å². The zero-order chi connectivity index (χ0) is 15.2. The Labute approximate surface area is 117 Å². The van der Waals surface area contributed by atoms with Crippen LogP contribution in [0.25, 0.3) is 0 Å². The van der Waals surface area contributed by atoms with Crippen LogP contribution in [0.3, 0.4) is 0 Å². The van der Waals surface area contributed by atoms with Crippen molar-refractivity contribution >= 4 is 19.7 Å². The lowest BCUT2D eigenvalue weighted by molar-refractivity contribution is 0.270. The molecule has 0 saturated heterocycles. The zero-order valence-corrected chi connectivity index (χ0v) is 12.0. The summed E-state index contributed by atoms with van der Waals surface area (Å²) in [6, 6.07) is 9.33. The van der Waals surface area contributed by atoms with Crippen LogP contribution in [0.4, 0.5) is 0 Å². The van der Waals surface area contributed by atoms with Crippen LogP contribution in [-0.2, 0) is 15.5 Å². The Bertz CT molecular complexity index is 530. The summed E-state index contributed by atoms with van der Waals surface area (Å²) in [5.41, 5.74) is 11.3. The van der Waals surface area contributed by atoms with E-state index in [-0.39, 0.29) is 12.5 Å². The van der Waals surface area contributed by atoms with E-state index in [4.69, 9.17) is 16.9 Å². The molecule has 0 fully saturated rings. The van der Waals surface area contributed by atoms with E-state index >= 15 is 0 Å². The van der Waals surface area contributed by atoms with Crippen molar-refractivity contribution in [3.05, 3.63) is 35.9 Å². The van der Waals surface area contributed by atoms with Gasteiger partial charge in [-0.15, -0.1) is 0 Å². The minimum Gasteiger partial charge on any atom is -0.370 e. The summed E-state index contributed by atoms with van der Waals surface area (Å²) < 4.78 is 17.3. The topological polar surface area (TPSA) is 138 Å². The van der Waals surface area contributed by atoms with E-state index in [1.807, 2.05) is 30.3 Å². The largest absolute Gasteiger partial charge is 0.434 e. The molecule has 6 N–H and O–H groups in total. The maximum Gasteiger partial charge on any atom is 0.434 e. The normalized spacial score (nSPS) is 13.3. The molecule has 110 valence electrons. The maximum absolute atomic E-state index is 11.9. The van der Waals surface area contributed by atoms with Gasteiger partial charge in [0.25, 0.3) is 0 Å². The Morgan fingerprint density at radius 2 is 2.05 bits per heavy atom. The second-order valence-electron chi connectivity index (χ2n) is 3.89. The zero-order valence-electron chi connectivity index (χ0n) is 11.1. The fraction of sp³-hybridized carbons (Fsp3) is 0.273. The Kier molecular flexibility index (Phi) is 5.69. The van der Waals surface area contributed by atoms with Gasteiger partial charge in [-0.25, -0.2) is 9.24 Å². The molecule has 0 amide bonds. The van der Waals surface area contributed by atoms with Gasteiger partial charge in [0, 0.05) is 13.7 Å². The van der Waals surface area contributed by atoms with Crippen molar-refractivity contribution in [1.82, 2.24) is 4.67 Å². The van der Waals surface area contributed by atoms with Crippen LogP contribution in [0.15, 0.2) is 35.3 Å². The maximum atomic E-state index is 11.9. The Balaban J connectivity index is 2.87. The molecule has 0 aromatic heterocycles. The molecule has 1 unspecified atom stereocenters. The first-order valence-corrected chi connectivity index (χ1v) is 7.28. The van der Waals surface area contributed by atoms with Gasteiger partial charge in [-0.3, -0.25) is 9.93 Å². The van der Waals surface area contributed by atoms with Crippen molar-refractivity contribution in [2.24, 2.45) is 16.5 Å². The second kappa shape index (κ2) is 7.04. The number of hydrogen-bond acceptors (Lipinski definition) is 3. The molecule has 20 heavy (non-hydrogen) atoms. The van der Waals surface area contributed by atoms with E-state index in [2.05, 4.69) is 9.52 Å². The Morgan fingerprint density at radius 1 is 1.45 bits per heavy atom. The molecule has 1 aromatic carbocycles. The van der Waals surface area contributed by atoms with Gasteiger partial charge >= 0.3 is 7.75 Å². The van der Waals surface area contributed by atoms with Crippen molar-refractivity contribution in [1.29, 1.82) is 5.41 Å².